The van der Waals surface area contributed by atoms with Crippen molar-refractivity contribution in [2.24, 2.45) is 5.92 Å². The minimum Gasteiger partial charge on any atom is -0.496 e. The van der Waals surface area contributed by atoms with E-state index < -0.39 is 0 Å². The van der Waals surface area contributed by atoms with Crippen molar-refractivity contribution in [3.05, 3.63) is 72.3 Å². The topological polar surface area (TPSA) is 67.9 Å². The number of amides is 2. The molecule has 0 spiro atoms. The van der Waals surface area contributed by atoms with Crippen LogP contribution in [0.1, 0.15) is 36.0 Å². The van der Waals surface area contributed by atoms with Crippen LogP contribution in [0.2, 0.25) is 0 Å². The highest BCUT2D eigenvalue weighted by Crippen LogP contribution is 2.30. The molecule has 1 saturated heterocycles. The van der Waals surface area contributed by atoms with Crippen molar-refractivity contribution in [1.82, 2.24) is 10.2 Å². The van der Waals surface area contributed by atoms with Gasteiger partial charge in [0.2, 0.25) is 5.91 Å². The molecule has 4 rings (SSSR count). The number of ether oxygens (including phenoxy) is 2. The van der Waals surface area contributed by atoms with Gasteiger partial charge in [-0.1, -0.05) is 42.5 Å². The van der Waals surface area contributed by atoms with Crippen LogP contribution in [0.25, 0.3) is 10.8 Å². The van der Waals surface area contributed by atoms with Crippen LogP contribution in [0.3, 0.4) is 0 Å². The summed E-state index contributed by atoms with van der Waals surface area (Å²) in [4.78, 5) is 27.9. The van der Waals surface area contributed by atoms with Gasteiger partial charge in [-0.3, -0.25) is 9.59 Å². The first-order chi connectivity index (χ1) is 16.7. The molecule has 0 bridgehead atoms. The number of benzene rings is 3. The van der Waals surface area contributed by atoms with E-state index in [4.69, 9.17) is 9.47 Å². The highest BCUT2D eigenvalue weighted by molar-refractivity contribution is 6.08. The number of methoxy groups -OCH3 is 1. The zero-order valence-electron chi connectivity index (χ0n) is 19.7. The Morgan fingerprint density at radius 3 is 2.53 bits per heavy atom. The molecule has 0 saturated carbocycles. The third-order valence-corrected chi connectivity index (χ3v) is 6.30. The van der Waals surface area contributed by atoms with E-state index in [-0.39, 0.29) is 17.7 Å². The number of nitrogens with zero attached hydrogens (tertiary/aromatic N) is 1. The minimum absolute atomic E-state index is 0.0288. The van der Waals surface area contributed by atoms with Crippen molar-refractivity contribution in [1.29, 1.82) is 0 Å². The van der Waals surface area contributed by atoms with Crippen LogP contribution in [-0.4, -0.2) is 50.1 Å². The van der Waals surface area contributed by atoms with Crippen molar-refractivity contribution in [3.63, 3.8) is 0 Å². The van der Waals surface area contributed by atoms with Crippen molar-refractivity contribution in [2.75, 3.05) is 33.4 Å². The lowest BCUT2D eigenvalue weighted by Gasteiger charge is -2.32. The molecule has 6 heteroatoms. The van der Waals surface area contributed by atoms with Crippen LogP contribution in [-0.2, 0) is 4.79 Å². The molecule has 2 amide bonds. The number of nitrogens with one attached hydrogen (secondary N) is 1. The van der Waals surface area contributed by atoms with Gasteiger partial charge in [-0.05, 0) is 55.3 Å². The molecule has 0 aliphatic carbocycles. The van der Waals surface area contributed by atoms with Gasteiger partial charge in [-0.2, -0.15) is 0 Å². The van der Waals surface area contributed by atoms with Gasteiger partial charge in [-0.15, -0.1) is 0 Å². The zero-order chi connectivity index (χ0) is 23.8. The molecule has 1 aliphatic heterocycles. The van der Waals surface area contributed by atoms with E-state index in [1.165, 1.54) is 0 Å². The normalized spacial score (nSPS) is 15.7. The summed E-state index contributed by atoms with van der Waals surface area (Å²) in [6.45, 7) is 2.36. The molecule has 3 aromatic carbocycles. The highest BCUT2D eigenvalue weighted by Gasteiger charge is 2.29. The van der Waals surface area contributed by atoms with Crippen LogP contribution in [0, 0.1) is 5.92 Å². The number of hydrogen-bond donors (Lipinski definition) is 1. The van der Waals surface area contributed by atoms with Crippen LogP contribution in [0.5, 0.6) is 11.5 Å². The lowest BCUT2D eigenvalue weighted by Crippen LogP contribution is -2.45. The Bertz CT molecular complexity index is 1120. The maximum absolute atomic E-state index is 13.4. The number of likely N-dealkylation sites (tertiary alicyclic amines) is 1. The fourth-order valence-corrected chi connectivity index (χ4v) is 4.47. The van der Waals surface area contributed by atoms with Crippen molar-refractivity contribution in [3.8, 4) is 11.5 Å². The van der Waals surface area contributed by atoms with Gasteiger partial charge in [0.05, 0.1) is 19.6 Å². The minimum atomic E-state index is -0.178. The highest BCUT2D eigenvalue weighted by atomic mass is 16.5. The number of para-hydroxylation sites is 1. The smallest absolute Gasteiger partial charge is 0.254 e. The van der Waals surface area contributed by atoms with E-state index in [1.807, 2.05) is 71.6 Å². The van der Waals surface area contributed by atoms with Gasteiger partial charge >= 0.3 is 0 Å². The van der Waals surface area contributed by atoms with E-state index in [9.17, 15) is 9.59 Å². The Hall–Kier alpha value is -3.54. The quantitative estimate of drug-likeness (QED) is 0.471. The summed E-state index contributed by atoms with van der Waals surface area (Å²) in [7, 11) is 1.63. The number of carbonyl (C=O) groups excluding carboxylic acids is 2. The van der Waals surface area contributed by atoms with Gasteiger partial charge in [0.1, 0.15) is 11.5 Å². The summed E-state index contributed by atoms with van der Waals surface area (Å²) in [6.07, 6.45) is 3.35. The van der Waals surface area contributed by atoms with Gasteiger partial charge in [0.25, 0.3) is 5.91 Å². The van der Waals surface area contributed by atoms with Crippen molar-refractivity contribution >= 4 is 22.6 Å². The second-order valence-corrected chi connectivity index (χ2v) is 8.61. The summed E-state index contributed by atoms with van der Waals surface area (Å²) in [5, 5.41) is 4.83. The molecule has 3 aromatic rings. The molecule has 1 aliphatic rings. The largest absolute Gasteiger partial charge is 0.496 e. The molecule has 1 atom stereocenters. The monoisotopic (exact) mass is 460 g/mol. The van der Waals surface area contributed by atoms with Crippen LogP contribution >= 0.6 is 0 Å². The second kappa shape index (κ2) is 11.5. The van der Waals surface area contributed by atoms with Crippen LogP contribution in [0.4, 0.5) is 0 Å². The maximum Gasteiger partial charge on any atom is 0.254 e. The molecular formula is C28H32N2O4. The zero-order valence-corrected chi connectivity index (χ0v) is 19.7. The molecule has 1 N–H and O–H groups in total. The lowest BCUT2D eigenvalue weighted by molar-refractivity contribution is -0.126. The molecular weight excluding hydrogens is 428 g/mol. The second-order valence-electron chi connectivity index (χ2n) is 8.61. The first-order valence-corrected chi connectivity index (χ1v) is 12.0. The number of carbonyl (C=O) groups is 2. The summed E-state index contributed by atoms with van der Waals surface area (Å²) >= 11 is 0. The summed E-state index contributed by atoms with van der Waals surface area (Å²) in [6, 6.07) is 21.2. The van der Waals surface area contributed by atoms with Crippen molar-refractivity contribution in [2.45, 2.75) is 25.7 Å². The first-order valence-electron chi connectivity index (χ1n) is 12.0. The van der Waals surface area contributed by atoms with E-state index in [1.54, 1.807) is 7.11 Å². The molecule has 0 radical (unpaired) electrons. The van der Waals surface area contributed by atoms with Gasteiger partial charge < -0.3 is 19.7 Å². The Morgan fingerprint density at radius 2 is 1.74 bits per heavy atom. The Morgan fingerprint density at radius 1 is 0.971 bits per heavy atom. The van der Waals surface area contributed by atoms with Crippen LogP contribution in [0.15, 0.2) is 66.7 Å². The predicted octanol–water partition coefficient (Wildman–Crippen LogP) is 4.68. The van der Waals surface area contributed by atoms with Gasteiger partial charge in [0, 0.05) is 30.6 Å². The number of hydrogen-bond acceptors (Lipinski definition) is 4. The predicted molar refractivity (Wildman–Crippen MR) is 133 cm³/mol. The fourth-order valence-electron chi connectivity index (χ4n) is 4.47. The molecule has 1 fully saturated rings. The Labute approximate surface area is 200 Å². The third kappa shape index (κ3) is 5.68. The lowest BCUT2D eigenvalue weighted by atomic mass is 9.95. The average molecular weight is 461 g/mol. The molecule has 0 aromatic heterocycles. The summed E-state index contributed by atoms with van der Waals surface area (Å²) < 4.78 is 11.1. The molecule has 6 nitrogen and oxygen atoms in total. The first kappa shape index (κ1) is 23.6. The third-order valence-electron chi connectivity index (χ3n) is 6.30. The maximum atomic E-state index is 13.4. The molecule has 178 valence electrons. The number of unbranched alkanes of at least 4 members (excludes halogenated alkanes) is 1. The Balaban J connectivity index is 1.28. The Kier molecular flexibility index (Phi) is 8.02. The number of rotatable bonds is 9. The van der Waals surface area contributed by atoms with E-state index in [0.29, 0.717) is 31.8 Å². The molecule has 1 heterocycles. The number of piperidine rings is 1. The summed E-state index contributed by atoms with van der Waals surface area (Å²) in [5.74, 6) is 1.43. The molecule has 34 heavy (non-hydrogen) atoms. The number of fused-ring (bicyclic) bond motifs is 1. The van der Waals surface area contributed by atoms with E-state index in [2.05, 4.69) is 5.32 Å². The standard InChI is InChI=1S/C28H32N2O4/c1-33-26-16-15-25(23-13-5-6-14-24(23)26)28(32)30-18-9-10-21(20-30)27(31)29-17-7-8-19-34-22-11-3-2-4-12-22/h2-6,11-16,21H,7-10,17-20H2,1H3,(H,29,31)/t21-/m1/s1. The van der Waals surface area contributed by atoms with Gasteiger partial charge in [0.15, 0.2) is 0 Å². The SMILES string of the molecule is COc1ccc(C(=O)N2CCC[C@@H](C(=O)NCCCCOc3ccccc3)C2)c2ccccc12. The average Bonchev–Trinajstić information content (AvgIpc) is 2.90. The van der Waals surface area contributed by atoms with E-state index in [0.717, 1.165) is 48.0 Å². The molecule has 0 unspecified atom stereocenters. The van der Waals surface area contributed by atoms with Crippen molar-refractivity contribution < 1.29 is 19.1 Å². The summed E-state index contributed by atoms with van der Waals surface area (Å²) in [5.41, 5.74) is 0.649. The van der Waals surface area contributed by atoms with Gasteiger partial charge in [-0.25, -0.2) is 0 Å². The van der Waals surface area contributed by atoms with E-state index >= 15 is 0 Å². The fraction of sp³-hybridized carbons (Fsp3) is 0.357. The van der Waals surface area contributed by atoms with Crippen LogP contribution < -0.4 is 14.8 Å².